The molecule has 0 aromatic heterocycles. The highest BCUT2D eigenvalue weighted by molar-refractivity contribution is 5.39. The summed E-state index contributed by atoms with van der Waals surface area (Å²) in [5.41, 5.74) is 4.31. The molecule has 17 heavy (non-hydrogen) atoms. The van der Waals surface area contributed by atoms with E-state index in [0.29, 0.717) is 17.8 Å². The van der Waals surface area contributed by atoms with Crippen molar-refractivity contribution in [2.24, 2.45) is 11.8 Å². The summed E-state index contributed by atoms with van der Waals surface area (Å²) in [5, 5.41) is 0. The lowest BCUT2D eigenvalue weighted by Crippen LogP contribution is -2.03. The number of aryl methyl sites for hydroxylation is 1. The van der Waals surface area contributed by atoms with Crippen LogP contribution in [0.25, 0.3) is 0 Å². The van der Waals surface area contributed by atoms with Crippen LogP contribution in [0.2, 0.25) is 0 Å². The summed E-state index contributed by atoms with van der Waals surface area (Å²) < 4.78 is 0. The molecule has 3 unspecified atom stereocenters. The van der Waals surface area contributed by atoms with Crippen LogP contribution in [-0.2, 0) is 0 Å². The van der Waals surface area contributed by atoms with Gasteiger partial charge in [0.2, 0.25) is 0 Å². The fourth-order valence-electron chi connectivity index (χ4n) is 3.00. The zero-order valence-electron chi connectivity index (χ0n) is 10.5. The zero-order chi connectivity index (χ0) is 11.8. The van der Waals surface area contributed by atoms with Gasteiger partial charge in [-0.15, -0.1) is 0 Å². The van der Waals surface area contributed by atoms with Gasteiger partial charge < -0.3 is 0 Å². The van der Waals surface area contributed by atoms with Gasteiger partial charge in [0, 0.05) is 0 Å². The SMILES string of the molecule is Cc1cccc(C2[C]C3C=CC=CC3C2)c1C. The minimum absolute atomic E-state index is 0.511. The Hall–Kier alpha value is -1.30. The summed E-state index contributed by atoms with van der Waals surface area (Å²) in [5.74, 6) is 1.71. The molecule has 0 aliphatic heterocycles. The molecule has 0 heteroatoms. The zero-order valence-corrected chi connectivity index (χ0v) is 10.5. The van der Waals surface area contributed by atoms with Crippen molar-refractivity contribution in [1.82, 2.24) is 0 Å². The third-order valence-corrected chi connectivity index (χ3v) is 4.17. The number of allylic oxidation sites excluding steroid dienone is 4. The Balaban J connectivity index is 1.89. The molecule has 0 nitrogen and oxygen atoms in total. The van der Waals surface area contributed by atoms with E-state index < -0.39 is 0 Å². The highest BCUT2D eigenvalue weighted by Gasteiger charge is 2.34. The molecule has 3 rings (SSSR count). The number of rotatable bonds is 1. The van der Waals surface area contributed by atoms with E-state index in [0.717, 1.165) is 0 Å². The van der Waals surface area contributed by atoms with Gasteiger partial charge in [0.15, 0.2) is 0 Å². The highest BCUT2D eigenvalue weighted by atomic mass is 14.4. The van der Waals surface area contributed by atoms with E-state index in [1.807, 2.05) is 0 Å². The number of hydrogen-bond acceptors (Lipinski definition) is 0. The van der Waals surface area contributed by atoms with Gasteiger partial charge in [-0.1, -0.05) is 42.5 Å². The van der Waals surface area contributed by atoms with E-state index in [1.165, 1.54) is 23.1 Å². The van der Waals surface area contributed by atoms with Crippen molar-refractivity contribution >= 4 is 0 Å². The van der Waals surface area contributed by atoms with Gasteiger partial charge in [-0.25, -0.2) is 0 Å². The van der Waals surface area contributed by atoms with Crippen LogP contribution in [-0.4, -0.2) is 0 Å². The van der Waals surface area contributed by atoms with Crippen molar-refractivity contribution < 1.29 is 0 Å². The Morgan fingerprint density at radius 2 is 1.94 bits per heavy atom. The maximum absolute atomic E-state index is 3.74. The average Bonchev–Trinajstić information content (AvgIpc) is 2.76. The number of fused-ring (bicyclic) bond motifs is 1. The summed E-state index contributed by atoms with van der Waals surface area (Å²) in [4.78, 5) is 0. The first-order chi connectivity index (χ1) is 8.25. The highest BCUT2D eigenvalue weighted by Crippen LogP contribution is 2.45. The Labute approximate surface area is 104 Å². The van der Waals surface area contributed by atoms with Gasteiger partial charge >= 0.3 is 0 Å². The minimum atomic E-state index is 0.511. The van der Waals surface area contributed by atoms with Gasteiger partial charge in [-0.3, -0.25) is 0 Å². The quantitative estimate of drug-likeness (QED) is 0.667. The van der Waals surface area contributed by atoms with Gasteiger partial charge in [0.25, 0.3) is 0 Å². The molecule has 1 fully saturated rings. The molecule has 0 bridgehead atoms. The van der Waals surface area contributed by atoms with Crippen LogP contribution in [0.4, 0.5) is 0 Å². The second-order valence-electron chi connectivity index (χ2n) is 5.20. The van der Waals surface area contributed by atoms with Crippen LogP contribution in [0, 0.1) is 32.1 Å². The molecular weight excluding hydrogens is 204 g/mol. The van der Waals surface area contributed by atoms with Gasteiger partial charge in [0.1, 0.15) is 0 Å². The Bertz CT molecular complexity index is 459. The van der Waals surface area contributed by atoms with Crippen LogP contribution >= 0.6 is 0 Å². The van der Waals surface area contributed by atoms with Crippen LogP contribution in [0.3, 0.4) is 0 Å². The van der Waals surface area contributed by atoms with Crippen molar-refractivity contribution in [3.8, 4) is 0 Å². The van der Waals surface area contributed by atoms with Crippen molar-refractivity contribution in [3.63, 3.8) is 0 Å². The lowest BCUT2D eigenvalue weighted by atomic mass is 9.90. The molecule has 1 aromatic carbocycles. The third-order valence-electron chi connectivity index (χ3n) is 4.17. The molecule has 0 N–H and O–H groups in total. The van der Waals surface area contributed by atoms with Gasteiger partial charge in [-0.2, -0.15) is 0 Å². The normalized spacial score (nSPS) is 30.6. The maximum Gasteiger partial charge on any atom is -0.00117 e. The van der Waals surface area contributed by atoms with Crippen LogP contribution in [0.5, 0.6) is 0 Å². The largest absolute Gasteiger partial charge is 0.0808 e. The predicted octanol–water partition coefficient (Wildman–Crippen LogP) is 4.23. The third kappa shape index (κ3) is 1.86. The predicted molar refractivity (Wildman–Crippen MR) is 71.8 cm³/mol. The molecular formula is C17H18. The van der Waals surface area contributed by atoms with E-state index in [2.05, 4.69) is 62.8 Å². The molecule has 0 saturated heterocycles. The second-order valence-corrected chi connectivity index (χ2v) is 5.20. The molecule has 0 amide bonds. The molecule has 1 aromatic rings. The summed E-state index contributed by atoms with van der Waals surface area (Å²) >= 11 is 0. The molecule has 1 saturated carbocycles. The smallest absolute Gasteiger partial charge is 0.00117 e. The fraction of sp³-hybridized carbons (Fsp3) is 0.353. The van der Waals surface area contributed by atoms with E-state index >= 15 is 0 Å². The second kappa shape index (κ2) is 4.18. The summed E-state index contributed by atoms with van der Waals surface area (Å²) in [6, 6.07) is 6.64. The van der Waals surface area contributed by atoms with Crippen LogP contribution in [0.1, 0.15) is 29.0 Å². The monoisotopic (exact) mass is 222 g/mol. The van der Waals surface area contributed by atoms with E-state index in [4.69, 9.17) is 0 Å². The van der Waals surface area contributed by atoms with Gasteiger partial charge in [0.05, 0.1) is 0 Å². The lowest BCUT2D eigenvalue weighted by molar-refractivity contribution is 0.579. The fourth-order valence-corrected chi connectivity index (χ4v) is 3.00. The van der Waals surface area contributed by atoms with Crippen molar-refractivity contribution in [2.75, 3.05) is 0 Å². The first-order valence-electron chi connectivity index (χ1n) is 6.43. The lowest BCUT2D eigenvalue weighted by Gasteiger charge is -2.14. The van der Waals surface area contributed by atoms with Crippen molar-refractivity contribution in [3.05, 3.63) is 65.6 Å². The van der Waals surface area contributed by atoms with Crippen molar-refractivity contribution in [2.45, 2.75) is 26.2 Å². The van der Waals surface area contributed by atoms with E-state index in [-0.39, 0.29) is 0 Å². The van der Waals surface area contributed by atoms with Crippen molar-refractivity contribution in [1.29, 1.82) is 0 Å². The topological polar surface area (TPSA) is 0 Å². The summed E-state index contributed by atoms with van der Waals surface area (Å²) in [6.45, 7) is 4.43. The van der Waals surface area contributed by atoms with Crippen LogP contribution in [0.15, 0.2) is 42.5 Å². The molecule has 2 aliphatic carbocycles. The minimum Gasteiger partial charge on any atom is -0.0808 e. The molecule has 2 radical (unpaired) electrons. The molecule has 86 valence electrons. The standard InChI is InChI=1S/C17H18/c1-12-6-5-9-17(13(12)2)16-10-14-7-3-4-8-15(14)11-16/h3-9,14-16H,10H2,1-2H3. The first kappa shape index (κ1) is 10.8. The molecule has 0 heterocycles. The van der Waals surface area contributed by atoms with Crippen LogP contribution < -0.4 is 0 Å². The Kier molecular flexibility index (Phi) is 2.66. The van der Waals surface area contributed by atoms with E-state index in [1.54, 1.807) is 0 Å². The molecule has 0 spiro atoms. The molecule has 3 atom stereocenters. The Morgan fingerprint density at radius 1 is 1.12 bits per heavy atom. The van der Waals surface area contributed by atoms with Gasteiger partial charge in [-0.05, 0) is 61.1 Å². The maximum atomic E-state index is 3.74. The summed E-state index contributed by atoms with van der Waals surface area (Å²) in [6.07, 6.45) is 13.9. The average molecular weight is 222 g/mol. The molecule has 2 aliphatic rings. The first-order valence-corrected chi connectivity index (χ1v) is 6.43. The number of hydrogen-bond donors (Lipinski definition) is 0. The number of benzene rings is 1. The Morgan fingerprint density at radius 3 is 2.76 bits per heavy atom. The van der Waals surface area contributed by atoms with E-state index in [9.17, 15) is 0 Å². The summed E-state index contributed by atoms with van der Waals surface area (Å²) in [7, 11) is 0.